The molecule has 29 heavy (non-hydrogen) atoms. The number of rotatable bonds is 5. The molecular weight excluding hydrogens is 411 g/mol. The van der Waals surface area contributed by atoms with Crippen molar-refractivity contribution in [2.45, 2.75) is 6.42 Å². The summed E-state index contributed by atoms with van der Waals surface area (Å²) in [6.45, 7) is 2.06. The number of amides is 2. The Hall–Kier alpha value is -2.50. The number of carbonyl (C=O) groups excluding carboxylic acids is 2. The molecule has 0 aliphatic carbocycles. The molecule has 0 unspecified atom stereocenters. The third-order valence-electron chi connectivity index (χ3n) is 4.80. The Labute approximate surface area is 180 Å². The van der Waals surface area contributed by atoms with Gasteiger partial charge < -0.3 is 14.5 Å². The minimum absolute atomic E-state index is 0.0525. The number of carbonyl (C=O) groups is 2. The first-order valence-corrected chi connectivity index (χ1v) is 10.0. The number of halogens is 2. The van der Waals surface area contributed by atoms with E-state index in [-0.39, 0.29) is 11.8 Å². The average Bonchev–Trinajstić information content (AvgIpc) is 2.74. The number of hydrogen-bond acceptors (Lipinski definition) is 3. The fourth-order valence-corrected chi connectivity index (χ4v) is 3.44. The van der Waals surface area contributed by atoms with Crippen molar-refractivity contribution in [1.29, 1.82) is 0 Å². The van der Waals surface area contributed by atoms with Crippen LogP contribution < -0.4 is 4.74 Å². The number of ether oxygens (including phenoxy) is 1. The smallest absolute Gasteiger partial charge is 0.246 e. The zero-order chi connectivity index (χ0) is 20.8. The highest BCUT2D eigenvalue weighted by Gasteiger charge is 2.23. The molecule has 2 aromatic carbocycles. The first kappa shape index (κ1) is 21.2. The summed E-state index contributed by atoms with van der Waals surface area (Å²) in [5, 5.41) is 0.925. The summed E-state index contributed by atoms with van der Waals surface area (Å²) in [6.07, 6.45) is 3.56. The molecule has 152 valence electrons. The second-order valence-electron chi connectivity index (χ2n) is 6.74. The van der Waals surface area contributed by atoms with E-state index < -0.39 is 0 Å². The fourth-order valence-electron chi connectivity index (χ4n) is 3.13. The molecule has 1 heterocycles. The van der Waals surface area contributed by atoms with Crippen LogP contribution in [-0.4, -0.2) is 54.9 Å². The summed E-state index contributed by atoms with van der Waals surface area (Å²) < 4.78 is 5.20. The van der Waals surface area contributed by atoms with Crippen molar-refractivity contribution >= 4 is 41.1 Å². The summed E-state index contributed by atoms with van der Waals surface area (Å²) in [5.74, 6) is 0.701. The second kappa shape index (κ2) is 9.81. The van der Waals surface area contributed by atoms with Gasteiger partial charge in [-0.15, -0.1) is 0 Å². The Morgan fingerprint density at radius 2 is 1.72 bits per heavy atom. The van der Waals surface area contributed by atoms with E-state index in [4.69, 9.17) is 27.9 Å². The molecule has 5 nitrogen and oxygen atoms in total. The largest absolute Gasteiger partial charge is 0.497 e. The van der Waals surface area contributed by atoms with Crippen LogP contribution in [0.25, 0.3) is 6.08 Å². The van der Waals surface area contributed by atoms with E-state index in [1.807, 2.05) is 24.3 Å². The highest BCUT2D eigenvalue weighted by molar-refractivity contribution is 6.42. The average molecular weight is 433 g/mol. The third-order valence-corrected chi connectivity index (χ3v) is 5.53. The maximum absolute atomic E-state index is 12.6. The monoisotopic (exact) mass is 432 g/mol. The lowest BCUT2D eigenvalue weighted by Crippen LogP contribution is -2.50. The van der Waals surface area contributed by atoms with Crippen LogP contribution in [0.5, 0.6) is 5.75 Å². The molecule has 0 saturated carbocycles. The van der Waals surface area contributed by atoms with Crippen LogP contribution >= 0.6 is 23.2 Å². The standard InChI is InChI=1S/C22H22Cl2N2O3/c1-29-18-4-2-3-17(13-18)15-22(28)26-11-9-25(10-12-26)21(27)8-6-16-5-7-19(23)20(24)14-16/h2-8,13-14H,9-12,15H2,1H3/b8-6+. The summed E-state index contributed by atoms with van der Waals surface area (Å²) in [6, 6.07) is 12.7. The fraction of sp³-hybridized carbons (Fsp3) is 0.273. The molecule has 3 rings (SSSR count). The van der Waals surface area contributed by atoms with Crippen molar-refractivity contribution < 1.29 is 14.3 Å². The second-order valence-corrected chi connectivity index (χ2v) is 7.56. The van der Waals surface area contributed by atoms with Gasteiger partial charge in [0.2, 0.25) is 11.8 Å². The van der Waals surface area contributed by atoms with Gasteiger partial charge in [0, 0.05) is 32.3 Å². The van der Waals surface area contributed by atoms with Crippen molar-refractivity contribution in [2.24, 2.45) is 0 Å². The number of nitrogens with zero attached hydrogens (tertiary/aromatic N) is 2. The Kier molecular flexibility index (Phi) is 7.18. The number of benzene rings is 2. The van der Waals surface area contributed by atoms with Crippen LogP contribution in [0.3, 0.4) is 0 Å². The summed E-state index contributed by atoms with van der Waals surface area (Å²) >= 11 is 11.9. The number of hydrogen-bond donors (Lipinski definition) is 0. The van der Waals surface area contributed by atoms with Crippen LogP contribution in [0, 0.1) is 0 Å². The van der Waals surface area contributed by atoms with E-state index in [1.54, 1.807) is 41.2 Å². The van der Waals surface area contributed by atoms with Gasteiger partial charge in [-0.25, -0.2) is 0 Å². The normalized spacial score (nSPS) is 14.3. The quantitative estimate of drug-likeness (QED) is 0.672. The molecule has 0 N–H and O–H groups in total. The van der Waals surface area contributed by atoms with Gasteiger partial charge in [0.05, 0.1) is 23.6 Å². The zero-order valence-corrected chi connectivity index (χ0v) is 17.6. The lowest BCUT2D eigenvalue weighted by molar-refractivity contribution is -0.136. The highest BCUT2D eigenvalue weighted by Crippen LogP contribution is 2.23. The van der Waals surface area contributed by atoms with E-state index in [9.17, 15) is 9.59 Å². The first-order chi connectivity index (χ1) is 14.0. The Morgan fingerprint density at radius 1 is 1.00 bits per heavy atom. The zero-order valence-electron chi connectivity index (χ0n) is 16.1. The van der Waals surface area contributed by atoms with Gasteiger partial charge in [-0.2, -0.15) is 0 Å². The molecule has 0 aromatic heterocycles. The van der Waals surface area contributed by atoms with Crippen molar-refractivity contribution in [2.75, 3.05) is 33.3 Å². The van der Waals surface area contributed by atoms with E-state index >= 15 is 0 Å². The van der Waals surface area contributed by atoms with Gasteiger partial charge in [-0.3, -0.25) is 9.59 Å². The molecule has 1 saturated heterocycles. The van der Waals surface area contributed by atoms with E-state index in [0.717, 1.165) is 16.9 Å². The number of piperazine rings is 1. The minimum atomic E-state index is -0.0871. The molecule has 1 fully saturated rings. The van der Waals surface area contributed by atoms with Crippen molar-refractivity contribution in [3.63, 3.8) is 0 Å². The Bertz CT molecular complexity index is 922. The van der Waals surface area contributed by atoms with E-state index in [1.165, 1.54) is 6.08 Å². The third kappa shape index (κ3) is 5.75. The predicted octanol–water partition coefficient (Wildman–Crippen LogP) is 3.93. The molecular formula is C22H22Cl2N2O3. The lowest BCUT2D eigenvalue weighted by Gasteiger charge is -2.34. The van der Waals surface area contributed by atoms with Gasteiger partial charge >= 0.3 is 0 Å². The van der Waals surface area contributed by atoms with Gasteiger partial charge in [-0.1, -0.05) is 41.4 Å². The maximum Gasteiger partial charge on any atom is 0.246 e. The molecule has 0 atom stereocenters. The van der Waals surface area contributed by atoms with Crippen molar-refractivity contribution in [3.05, 3.63) is 69.7 Å². The Morgan fingerprint density at radius 3 is 2.41 bits per heavy atom. The lowest BCUT2D eigenvalue weighted by atomic mass is 10.1. The minimum Gasteiger partial charge on any atom is -0.497 e. The summed E-state index contributed by atoms with van der Waals surface area (Å²) in [4.78, 5) is 28.5. The van der Waals surface area contributed by atoms with Gasteiger partial charge in [0.15, 0.2) is 0 Å². The predicted molar refractivity (Wildman–Crippen MR) is 115 cm³/mol. The number of methoxy groups -OCH3 is 1. The maximum atomic E-state index is 12.6. The molecule has 0 radical (unpaired) electrons. The van der Waals surface area contributed by atoms with Crippen LogP contribution in [0.15, 0.2) is 48.5 Å². The molecule has 2 aromatic rings. The molecule has 1 aliphatic rings. The van der Waals surface area contributed by atoms with Gasteiger partial charge in [0.1, 0.15) is 5.75 Å². The topological polar surface area (TPSA) is 49.9 Å². The van der Waals surface area contributed by atoms with Crippen LogP contribution in [0.2, 0.25) is 10.0 Å². The molecule has 0 spiro atoms. The Balaban J connectivity index is 1.51. The van der Waals surface area contributed by atoms with E-state index in [2.05, 4.69) is 0 Å². The molecule has 7 heteroatoms. The van der Waals surface area contributed by atoms with Gasteiger partial charge in [0.25, 0.3) is 0 Å². The molecule has 0 bridgehead atoms. The molecule has 1 aliphatic heterocycles. The van der Waals surface area contributed by atoms with Crippen molar-refractivity contribution in [3.8, 4) is 5.75 Å². The van der Waals surface area contributed by atoms with Gasteiger partial charge in [-0.05, 0) is 41.5 Å². The first-order valence-electron chi connectivity index (χ1n) is 9.29. The summed E-state index contributed by atoms with van der Waals surface area (Å²) in [7, 11) is 1.60. The highest BCUT2D eigenvalue weighted by atomic mass is 35.5. The van der Waals surface area contributed by atoms with Crippen LogP contribution in [0.4, 0.5) is 0 Å². The van der Waals surface area contributed by atoms with Crippen molar-refractivity contribution in [1.82, 2.24) is 9.80 Å². The van der Waals surface area contributed by atoms with E-state index in [0.29, 0.717) is 42.6 Å². The van der Waals surface area contributed by atoms with Crippen LogP contribution in [0.1, 0.15) is 11.1 Å². The SMILES string of the molecule is COc1cccc(CC(=O)N2CCN(C(=O)/C=C/c3ccc(Cl)c(Cl)c3)CC2)c1. The van der Waals surface area contributed by atoms with Crippen LogP contribution in [-0.2, 0) is 16.0 Å². The molecule has 2 amide bonds. The summed E-state index contributed by atoms with van der Waals surface area (Å²) in [5.41, 5.74) is 1.72.